The van der Waals surface area contributed by atoms with E-state index in [0.717, 1.165) is 25.0 Å². The molecule has 0 saturated heterocycles. The van der Waals surface area contributed by atoms with E-state index < -0.39 is 31.1 Å². The van der Waals surface area contributed by atoms with Crippen molar-refractivity contribution in [1.82, 2.24) is 10.9 Å². The summed E-state index contributed by atoms with van der Waals surface area (Å²) < 4.78 is 38.2. The quantitative estimate of drug-likeness (QED) is 0.396. The Balaban J connectivity index is 2.18. The van der Waals surface area contributed by atoms with Crippen molar-refractivity contribution in [2.24, 2.45) is 4.99 Å². The number of benzene rings is 2. The number of amides is 2. The molecule has 2 amide bonds. The maximum atomic E-state index is 12.7. The molecule has 0 unspecified atom stereocenters. The zero-order valence-corrected chi connectivity index (χ0v) is 16.0. The van der Waals surface area contributed by atoms with Crippen LogP contribution in [0.25, 0.3) is 0 Å². The third-order valence-electron chi connectivity index (χ3n) is 3.99. The summed E-state index contributed by atoms with van der Waals surface area (Å²) >= 11 is 0. The Morgan fingerprint density at radius 3 is 2.07 bits per heavy atom. The van der Waals surface area contributed by atoms with E-state index in [-0.39, 0.29) is 16.7 Å². The van der Waals surface area contributed by atoms with Crippen molar-refractivity contribution in [3.8, 4) is 0 Å². The molecule has 0 radical (unpaired) electrons. The lowest BCUT2D eigenvalue weighted by molar-refractivity contribution is -0.0558. The number of carbonyl (C=O) groups is 2. The van der Waals surface area contributed by atoms with Crippen molar-refractivity contribution in [2.45, 2.75) is 20.0 Å². The number of nitrogens with one attached hydrogen (secondary N) is 2. The first-order valence-electron chi connectivity index (χ1n) is 8.56. The van der Waals surface area contributed by atoms with Gasteiger partial charge in [0.25, 0.3) is 11.8 Å². The molecule has 0 spiro atoms. The summed E-state index contributed by atoms with van der Waals surface area (Å²) in [6.45, 7) is 3.66. The number of alkyl halides is 3. The van der Waals surface area contributed by atoms with Crippen LogP contribution >= 0.6 is 0 Å². The van der Waals surface area contributed by atoms with Crippen molar-refractivity contribution in [3.63, 3.8) is 0 Å². The summed E-state index contributed by atoms with van der Waals surface area (Å²) in [7, 11) is 0.243. The van der Waals surface area contributed by atoms with E-state index in [0.29, 0.717) is 5.56 Å². The molecule has 2 aromatic rings. The summed E-state index contributed by atoms with van der Waals surface area (Å²) in [6.07, 6.45) is -4.63. The molecule has 0 atom stereocenters. The van der Waals surface area contributed by atoms with E-state index in [9.17, 15) is 27.8 Å². The lowest BCUT2D eigenvalue weighted by atomic mass is 9.86. The number of nitrogens with zero attached hydrogens (tertiary/aromatic N) is 1. The molecule has 0 heterocycles. The maximum absolute atomic E-state index is 12.7. The van der Waals surface area contributed by atoms with Gasteiger partial charge in [0.1, 0.15) is 0 Å². The van der Waals surface area contributed by atoms with Crippen LogP contribution in [-0.4, -0.2) is 44.0 Å². The Morgan fingerprint density at radius 2 is 1.55 bits per heavy atom. The molecule has 0 aliphatic rings. The third kappa shape index (κ3) is 5.95. The second-order valence-electron chi connectivity index (χ2n) is 6.48. The summed E-state index contributed by atoms with van der Waals surface area (Å²) in [5, 5.41) is 9.30. The number of carbonyl (C=O) groups excluding carboxylic acids is 2. The molecule has 0 aliphatic carbocycles. The van der Waals surface area contributed by atoms with E-state index in [1.54, 1.807) is 12.1 Å². The summed E-state index contributed by atoms with van der Waals surface area (Å²) in [5.74, 6) is -1.28. The van der Waals surface area contributed by atoms with Crippen LogP contribution in [0.3, 0.4) is 0 Å². The molecule has 0 bridgehead atoms. The van der Waals surface area contributed by atoms with Crippen LogP contribution < -0.4 is 16.3 Å². The average Bonchev–Trinajstić information content (AvgIpc) is 2.64. The molecule has 2 aromatic carbocycles. The van der Waals surface area contributed by atoms with Gasteiger partial charge in [-0.05, 0) is 43.6 Å². The van der Waals surface area contributed by atoms with Crippen LogP contribution in [0.15, 0.2) is 41.4 Å². The van der Waals surface area contributed by atoms with Crippen molar-refractivity contribution < 1.29 is 27.8 Å². The molecular weight excluding hydrogens is 385 g/mol. The van der Waals surface area contributed by atoms with Crippen LogP contribution in [0.2, 0.25) is 0 Å². The van der Waals surface area contributed by atoms with Crippen molar-refractivity contribution >= 4 is 43.9 Å². The molecule has 3 N–H and O–H groups in total. The SMILES string of the molecule is B/C(=N\c1cc(C(=O)NNC(=O)c2cc(C)cc(C)c2)ccc1BO)C(F)(F)F. The number of halogens is 3. The van der Waals surface area contributed by atoms with Gasteiger partial charge in [-0.2, -0.15) is 13.2 Å². The van der Waals surface area contributed by atoms with Crippen LogP contribution in [0, 0.1) is 13.8 Å². The number of hydrogen-bond acceptors (Lipinski definition) is 4. The third-order valence-corrected chi connectivity index (χ3v) is 3.99. The molecule has 0 aliphatic heterocycles. The van der Waals surface area contributed by atoms with Gasteiger partial charge in [-0.15, -0.1) is 0 Å². The fraction of sp³-hybridized carbons (Fsp3) is 0.167. The molecule has 0 fully saturated rings. The fourth-order valence-electron chi connectivity index (χ4n) is 2.55. The first kappa shape index (κ1) is 22.2. The smallest absolute Gasteiger partial charge is 0.420 e. The number of hydrogen-bond donors (Lipinski definition) is 3. The van der Waals surface area contributed by atoms with Gasteiger partial charge < -0.3 is 5.02 Å². The van der Waals surface area contributed by atoms with E-state index in [1.165, 1.54) is 12.1 Å². The topological polar surface area (TPSA) is 90.8 Å². The van der Waals surface area contributed by atoms with E-state index in [2.05, 4.69) is 15.8 Å². The van der Waals surface area contributed by atoms with Gasteiger partial charge in [-0.3, -0.25) is 25.4 Å². The lowest BCUT2D eigenvalue weighted by Crippen LogP contribution is -2.41. The molecule has 29 heavy (non-hydrogen) atoms. The Bertz CT molecular complexity index is 958. The average molecular weight is 403 g/mol. The van der Waals surface area contributed by atoms with Gasteiger partial charge in [0, 0.05) is 11.1 Å². The van der Waals surface area contributed by atoms with E-state index in [1.807, 2.05) is 19.9 Å². The normalized spacial score (nSPS) is 11.7. The Kier molecular flexibility index (Phi) is 6.86. The molecule has 11 heteroatoms. The zero-order chi connectivity index (χ0) is 21.8. The largest absolute Gasteiger partial charge is 0.449 e. The highest BCUT2D eigenvalue weighted by Crippen LogP contribution is 2.20. The first-order chi connectivity index (χ1) is 13.5. The molecule has 0 saturated carbocycles. The summed E-state index contributed by atoms with van der Waals surface area (Å²) in [6, 6.07) is 8.91. The lowest BCUT2D eigenvalue weighted by Gasteiger charge is -2.11. The predicted molar refractivity (Wildman–Crippen MR) is 108 cm³/mol. The van der Waals surface area contributed by atoms with E-state index >= 15 is 0 Å². The summed E-state index contributed by atoms with van der Waals surface area (Å²) in [4.78, 5) is 28.0. The summed E-state index contributed by atoms with van der Waals surface area (Å²) in [5.41, 5.74) is 5.38. The number of hydrazine groups is 1. The van der Waals surface area contributed by atoms with Crippen LogP contribution in [0.4, 0.5) is 18.9 Å². The number of aliphatic imine (C=N–C) groups is 1. The first-order valence-corrected chi connectivity index (χ1v) is 8.56. The number of aryl methyl sites for hydroxylation is 2. The Morgan fingerprint density at radius 1 is 1.00 bits per heavy atom. The highest BCUT2D eigenvalue weighted by molar-refractivity contribution is 6.61. The van der Waals surface area contributed by atoms with Gasteiger partial charge in [0.15, 0.2) is 7.85 Å². The molecule has 2 rings (SSSR count). The van der Waals surface area contributed by atoms with Gasteiger partial charge in [-0.25, -0.2) is 0 Å². The monoisotopic (exact) mass is 403 g/mol. The predicted octanol–water partition coefficient (Wildman–Crippen LogP) is 0.573. The van der Waals surface area contributed by atoms with Crippen LogP contribution in [-0.2, 0) is 0 Å². The second-order valence-corrected chi connectivity index (χ2v) is 6.48. The Labute approximate surface area is 166 Å². The molecule has 6 nitrogen and oxygen atoms in total. The molecule has 150 valence electrons. The van der Waals surface area contributed by atoms with Gasteiger partial charge in [-0.1, -0.05) is 23.3 Å². The van der Waals surface area contributed by atoms with Crippen LogP contribution in [0.1, 0.15) is 31.8 Å². The highest BCUT2D eigenvalue weighted by atomic mass is 19.4. The standard InChI is InChI=1S/C18H18B2F3N3O3/c1-9-5-10(2)7-12(6-9)16(28)26-25-15(27)11-3-4-13(20-29)14(8-11)24-17(19)18(21,22)23/h3-8,20,29H,19H2,1-2H3,(H,25,27)(H,26,28)/b24-17-. The second kappa shape index (κ2) is 8.95. The zero-order valence-electron chi connectivity index (χ0n) is 16.0. The Hall–Kier alpha value is -3.07. The van der Waals surface area contributed by atoms with Crippen LogP contribution in [0.5, 0.6) is 0 Å². The van der Waals surface area contributed by atoms with E-state index in [4.69, 9.17) is 0 Å². The van der Waals surface area contributed by atoms with Crippen molar-refractivity contribution in [1.29, 1.82) is 0 Å². The number of rotatable bonds is 4. The maximum Gasteiger partial charge on any atom is 0.420 e. The minimum Gasteiger partial charge on any atom is -0.449 e. The minimum atomic E-state index is -4.63. The molecule has 0 aromatic heterocycles. The van der Waals surface area contributed by atoms with Crippen molar-refractivity contribution in [3.05, 3.63) is 58.7 Å². The highest BCUT2D eigenvalue weighted by Gasteiger charge is 2.31. The van der Waals surface area contributed by atoms with Gasteiger partial charge >= 0.3 is 13.7 Å². The minimum absolute atomic E-state index is 0.0309. The van der Waals surface area contributed by atoms with Crippen molar-refractivity contribution in [2.75, 3.05) is 0 Å². The molecular formula is C18H18B2F3N3O3. The van der Waals surface area contributed by atoms with Gasteiger partial charge in [0.2, 0.25) is 0 Å². The fourth-order valence-corrected chi connectivity index (χ4v) is 2.55. The van der Waals surface area contributed by atoms with Gasteiger partial charge in [0.05, 0.1) is 11.3 Å².